The molecule has 0 unspecified atom stereocenters. The maximum absolute atomic E-state index is 4.56. The quantitative estimate of drug-likeness (QED) is 0.689. The lowest BCUT2D eigenvalue weighted by atomic mass is 10.1. The van der Waals surface area contributed by atoms with Crippen LogP contribution in [0.25, 0.3) is 5.82 Å². The van der Waals surface area contributed by atoms with E-state index < -0.39 is 0 Å². The smallest absolute Gasteiger partial charge is 0.136 e. The summed E-state index contributed by atoms with van der Waals surface area (Å²) in [6.07, 6.45) is 3.92. The minimum absolute atomic E-state index is 0.436. The number of nitrogens with zero attached hydrogens (tertiary/aromatic N) is 5. The molecule has 3 aromatic rings. The summed E-state index contributed by atoms with van der Waals surface area (Å²) in [4.78, 5) is 6.96. The maximum atomic E-state index is 4.56. The van der Waals surface area contributed by atoms with E-state index >= 15 is 0 Å². The Labute approximate surface area is 149 Å². The first-order chi connectivity index (χ1) is 12.0. The first-order valence-corrected chi connectivity index (χ1v) is 8.78. The Hall–Kier alpha value is -2.40. The van der Waals surface area contributed by atoms with Crippen LogP contribution in [0.1, 0.15) is 36.5 Å². The average Bonchev–Trinajstić information content (AvgIpc) is 3.14. The predicted octanol–water partition coefficient (Wildman–Crippen LogP) is 3.63. The van der Waals surface area contributed by atoms with Gasteiger partial charge in [0, 0.05) is 55.5 Å². The highest BCUT2D eigenvalue weighted by atomic mass is 15.3. The van der Waals surface area contributed by atoms with Gasteiger partial charge in [-0.05, 0) is 52.0 Å². The van der Waals surface area contributed by atoms with Crippen molar-refractivity contribution in [1.29, 1.82) is 0 Å². The highest BCUT2D eigenvalue weighted by Gasteiger charge is 2.18. The van der Waals surface area contributed by atoms with Crippen LogP contribution in [0.2, 0.25) is 0 Å². The van der Waals surface area contributed by atoms with Crippen LogP contribution in [0.5, 0.6) is 0 Å². The second kappa shape index (κ2) is 7.23. The number of aryl methyl sites for hydroxylation is 2. The molecule has 0 aliphatic rings. The Balaban J connectivity index is 1.86. The summed E-state index contributed by atoms with van der Waals surface area (Å²) in [5.74, 6) is 0.958. The highest BCUT2D eigenvalue weighted by Crippen LogP contribution is 2.20. The van der Waals surface area contributed by atoms with E-state index in [-0.39, 0.29) is 0 Å². The van der Waals surface area contributed by atoms with Crippen molar-refractivity contribution < 1.29 is 0 Å². The third-order valence-corrected chi connectivity index (χ3v) is 4.84. The lowest BCUT2D eigenvalue weighted by Crippen LogP contribution is -2.31. The summed E-state index contributed by atoms with van der Waals surface area (Å²) < 4.78 is 4.14. The first-order valence-electron chi connectivity index (χ1n) is 8.78. The summed E-state index contributed by atoms with van der Waals surface area (Å²) in [7, 11) is 2.01. The maximum Gasteiger partial charge on any atom is 0.136 e. The Morgan fingerprint density at radius 2 is 1.88 bits per heavy atom. The fourth-order valence-corrected chi connectivity index (χ4v) is 3.14. The SMILES string of the molecule is Cc1nn(C)c(C)c1CN(Cc1cccn1-c1ccccn1)C(C)C. The molecule has 3 rings (SSSR count). The van der Waals surface area contributed by atoms with Crippen LogP contribution in [-0.2, 0) is 20.1 Å². The molecule has 5 nitrogen and oxygen atoms in total. The highest BCUT2D eigenvalue weighted by molar-refractivity contribution is 5.28. The molecule has 0 spiro atoms. The van der Waals surface area contributed by atoms with Crippen LogP contribution in [-0.4, -0.2) is 30.3 Å². The van der Waals surface area contributed by atoms with Crippen LogP contribution < -0.4 is 0 Å². The lowest BCUT2D eigenvalue weighted by molar-refractivity contribution is 0.199. The molecule has 25 heavy (non-hydrogen) atoms. The zero-order chi connectivity index (χ0) is 18.0. The molecular formula is C20H27N5. The van der Waals surface area contributed by atoms with E-state index in [1.807, 2.05) is 36.1 Å². The van der Waals surface area contributed by atoms with Crippen LogP contribution in [0, 0.1) is 13.8 Å². The Morgan fingerprint density at radius 3 is 2.48 bits per heavy atom. The molecule has 0 aliphatic carbocycles. The fourth-order valence-electron chi connectivity index (χ4n) is 3.14. The average molecular weight is 337 g/mol. The van der Waals surface area contributed by atoms with Crippen molar-refractivity contribution in [3.63, 3.8) is 0 Å². The van der Waals surface area contributed by atoms with Gasteiger partial charge in [0.05, 0.1) is 5.69 Å². The van der Waals surface area contributed by atoms with Gasteiger partial charge in [0.15, 0.2) is 0 Å². The van der Waals surface area contributed by atoms with E-state index in [1.165, 1.54) is 17.0 Å². The molecule has 0 bridgehead atoms. The molecule has 0 radical (unpaired) electrons. The van der Waals surface area contributed by atoms with Gasteiger partial charge in [-0.1, -0.05) is 6.07 Å². The Morgan fingerprint density at radius 1 is 1.08 bits per heavy atom. The minimum Gasteiger partial charge on any atom is -0.304 e. The molecule has 3 heterocycles. The van der Waals surface area contributed by atoms with Gasteiger partial charge in [0.1, 0.15) is 5.82 Å². The summed E-state index contributed by atoms with van der Waals surface area (Å²) >= 11 is 0. The van der Waals surface area contributed by atoms with E-state index in [1.54, 1.807) is 0 Å². The van der Waals surface area contributed by atoms with Gasteiger partial charge in [-0.3, -0.25) is 9.58 Å². The molecule has 132 valence electrons. The topological polar surface area (TPSA) is 38.9 Å². The molecule has 0 aromatic carbocycles. The molecule has 0 aliphatic heterocycles. The van der Waals surface area contributed by atoms with E-state index in [0.717, 1.165) is 24.6 Å². The van der Waals surface area contributed by atoms with Crippen LogP contribution in [0.4, 0.5) is 0 Å². The van der Waals surface area contributed by atoms with Crippen molar-refractivity contribution in [2.24, 2.45) is 7.05 Å². The second-order valence-corrected chi connectivity index (χ2v) is 6.83. The number of pyridine rings is 1. The van der Waals surface area contributed by atoms with E-state index in [0.29, 0.717) is 6.04 Å². The molecule has 3 aromatic heterocycles. The number of hydrogen-bond acceptors (Lipinski definition) is 3. The second-order valence-electron chi connectivity index (χ2n) is 6.83. The van der Waals surface area contributed by atoms with Crippen molar-refractivity contribution in [2.75, 3.05) is 0 Å². The van der Waals surface area contributed by atoms with E-state index in [2.05, 4.69) is 65.6 Å². The largest absolute Gasteiger partial charge is 0.304 e. The monoisotopic (exact) mass is 337 g/mol. The van der Waals surface area contributed by atoms with Crippen LogP contribution in [0.15, 0.2) is 42.7 Å². The van der Waals surface area contributed by atoms with Gasteiger partial charge in [0.25, 0.3) is 0 Å². The Bertz CT molecular complexity index is 829. The van der Waals surface area contributed by atoms with Crippen molar-refractivity contribution in [2.45, 2.75) is 46.8 Å². The van der Waals surface area contributed by atoms with Gasteiger partial charge < -0.3 is 4.57 Å². The minimum atomic E-state index is 0.436. The molecule has 5 heteroatoms. The Kier molecular flexibility index (Phi) is 5.04. The zero-order valence-electron chi connectivity index (χ0n) is 15.8. The van der Waals surface area contributed by atoms with Gasteiger partial charge in [0.2, 0.25) is 0 Å². The van der Waals surface area contributed by atoms with Gasteiger partial charge in [-0.2, -0.15) is 5.10 Å². The third kappa shape index (κ3) is 3.66. The van der Waals surface area contributed by atoms with Gasteiger partial charge >= 0.3 is 0 Å². The van der Waals surface area contributed by atoms with Crippen LogP contribution >= 0.6 is 0 Å². The standard InChI is InChI=1S/C20H27N5/c1-15(2)24(14-19-16(3)22-23(5)17(19)4)13-18-9-8-12-25(18)20-10-6-7-11-21-20/h6-12,15H,13-14H2,1-5H3. The van der Waals surface area contributed by atoms with E-state index in [4.69, 9.17) is 0 Å². The molecule has 0 fully saturated rings. The molecule has 0 atom stereocenters. The third-order valence-electron chi connectivity index (χ3n) is 4.84. The molecule has 0 amide bonds. The van der Waals surface area contributed by atoms with Gasteiger partial charge in [-0.15, -0.1) is 0 Å². The summed E-state index contributed by atoms with van der Waals surface area (Å²) in [5, 5.41) is 4.56. The summed E-state index contributed by atoms with van der Waals surface area (Å²) in [6.45, 7) is 10.5. The van der Waals surface area contributed by atoms with Crippen molar-refractivity contribution in [3.8, 4) is 5.82 Å². The van der Waals surface area contributed by atoms with Crippen molar-refractivity contribution >= 4 is 0 Å². The fraction of sp³-hybridized carbons (Fsp3) is 0.400. The van der Waals surface area contributed by atoms with Gasteiger partial charge in [-0.25, -0.2) is 4.98 Å². The zero-order valence-corrected chi connectivity index (χ0v) is 15.8. The van der Waals surface area contributed by atoms with Crippen molar-refractivity contribution in [1.82, 2.24) is 24.2 Å². The number of aromatic nitrogens is 4. The molecule has 0 saturated heterocycles. The molecule has 0 N–H and O–H groups in total. The van der Waals surface area contributed by atoms with Crippen LogP contribution in [0.3, 0.4) is 0 Å². The summed E-state index contributed by atoms with van der Waals surface area (Å²) in [6, 6.07) is 10.7. The number of rotatable bonds is 6. The van der Waals surface area contributed by atoms with E-state index in [9.17, 15) is 0 Å². The first kappa shape index (κ1) is 17.4. The summed E-state index contributed by atoms with van der Waals surface area (Å²) in [5.41, 5.74) is 4.92. The molecule has 0 saturated carbocycles. The molecular weight excluding hydrogens is 310 g/mol. The lowest BCUT2D eigenvalue weighted by Gasteiger charge is -2.27. The van der Waals surface area contributed by atoms with Crippen molar-refractivity contribution in [3.05, 3.63) is 65.4 Å². The normalized spacial score (nSPS) is 11.6. The number of hydrogen-bond donors (Lipinski definition) is 0. The predicted molar refractivity (Wildman–Crippen MR) is 101 cm³/mol.